The van der Waals surface area contributed by atoms with E-state index in [0.717, 1.165) is 20.2 Å². The molecule has 1 aromatic carbocycles. The summed E-state index contributed by atoms with van der Waals surface area (Å²) in [4.78, 5) is 23.5. The van der Waals surface area contributed by atoms with Crippen molar-refractivity contribution in [2.75, 3.05) is 0 Å². The third kappa shape index (κ3) is 3.10. The van der Waals surface area contributed by atoms with Crippen molar-refractivity contribution in [1.82, 2.24) is 9.13 Å². The molecule has 0 unspecified atom stereocenters. The Morgan fingerprint density at radius 2 is 1.76 bits per heavy atom. The molecule has 0 aliphatic carbocycles. The smallest absolute Gasteiger partial charge is 0.330 e. The Morgan fingerprint density at radius 1 is 1.10 bits per heavy atom. The van der Waals surface area contributed by atoms with Gasteiger partial charge >= 0.3 is 5.69 Å². The van der Waals surface area contributed by atoms with E-state index in [9.17, 15) is 9.59 Å². The predicted octanol–water partition coefficient (Wildman–Crippen LogP) is 2.04. The summed E-state index contributed by atoms with van der Waals surface area (Å²) in [7, 11) is 3.08. The highest BCUT2D eigenvalue weighted by molar-refractivity contribution is 9.10. The van der Waals surface area contributed by atoms with Crippen molar-refractivity contribution in [3.05, 3.63) is 60.3 Å². The second-order valence-electron chi connectivity index (χ2n) is 5.06. The van der Waals surface area contributed by atoms with Crippen LogP contribution in [0.1, 0.15) is 16.8 Å². The number of halogens is 1. The Bertz CT molecular complexity index is 783. The van der Waals surface area contributed by atoms with Crippen LogP contribution in [0.25, 0.3) is 0 Å². The average molecular weight is 353 g/mol. The molecule has 0 saturated carbocycles. The summed E-state index contributed by atoms with van der Waals surface area (Å²) < 4.78 is 9.12. The molecule has 0 atom stereocenters. The molecule has 6 heteroatoms. The molecule has 0 saturated heterocycles. The van der Waals surface area contributed by atoms with Crippen LogP contribution in [-0.4, -0.2) is 9.13 Å². The van der Waals surface area contributed by atoms with Gasteiger partial charge in [0, 0.05) is 20.2 Å². The molecule has 2 rings (SSSR count). The van der Waals surface area contributed by atoms with E-state index in [1.165, 1.54) is 17.7 Å². The lowest BCUT2D eigenvalue weighted by atomic mass is 10.1. The molecule has 0 aliphatic rings. The third-order valence-electron chi connectivity index (χ3n) is 3.36. The highest BCUT2D eigenvalue weighted by atomic mass is 79.9. The van der Waals surface area contributed by atoms with Gasteiger partial charge in [0.15, 0.2) is 0 Å². The highest BCUT2D eigenvalue weighted by Gasteiger charge is 2.10. The fourth-order valence-corrected chi connectivity index (χ4v) is 2.94. The van der Waals surface area contributed by atoms with Crippen LogP contribution in [0.15, 0.2) is 32.3 Å². The zero-order valence-electron chi connectivity index (χ0n) is 12.4. The summed E-state index contributed by atoms with van der Waals surface area (Å²) in [5, 5.41) is 0. The molecular weight excluding hydrogens is 336 g/mol. The Hall–Kier alpha value is -1.82. The lowest BCUT2D eigenvalue weighted by molar-refractivity contribution is 0.289. The van der Waals surface area contributed by atoms with Gasteiger partial charge < -0.3 is 4.74 Å². The minimum absolute atomic E-state index is 0.157. The van der Waals surface area contributed by atoms with E-state index < -0.39 is 0 Å². The zero-order chi connectivity index (χ0) is 15.7. The number of benzene rings is 1. The number of rotatable bonds is 3. The van der Waals surface area contributed by atoms with Crippen LogP contribution in [0.2, 0.25) is 0 Å². The number of nitrogens with zero attached hydrogens (tertiary/aromatic N) is 2. The first-order valence-corrected chi connectivity index (χ1v) is 7.26. The molecule has 0 radical (unpaired) electrons. The molecule has 2 aromatic rings. The molecule has 1 aromatic heterocycles. The summed E-state index contributed by atoms with van der Waals surface area (Å²) in [6, 6.07) is 5.40. The first-order chi connectivity index (χ1) is 9.81. The Labute approximate surface area is 130 Å². The summed E-state index contributed by atoms with van der Waals surface area (Å²) in [5.74, 6) is 0.716. The maximum Gasteiger partial charge on any atom is 0.330 e. The number of ether oxygens (including phenoxy) is 1. The first-order valence-electron chi connectivity index (χ1n) is 6.46. The van der Waals surface area contributed by atoms with E-state index in [2.05, 4.69) is 15.9 Å². The van der Waals surface area contributed by atoms with Crippen molar-refractivity contribution >= 4 is 15.9 Å². The van der Waals surface area contributed by atoms with Crippen molar-refractivity contribution in [2.24, 2.45) is 14.1 Å². The van der Waals surface area contributed by atoms with Crippen LogP contribution in [0.4, 0.5) is 0 Å². The average Bonchev–Trinajstić information content (AvgIpc) is 2.40. The Kier molecular flexibility index (Phi) is 4.37. The van der Waals surface area contributed by atoms with Crippen molar-refractivity contribution in [3.63, 3.8) is 0 Å². The number of aromatic nitrogens is 2. The van der Waals surface area contributed by atoms with E-state index in [4.69, 9.17) is 4.74 Å². The van der Waals surface area contributed by atoms with Crippen molar-refractivity contribution < 1.29 is 4.74 Å². The summed E-state index contributed by atoms with van der Waals surface area (Å²) in [5.41, 5.74) is 1.97. The molecule has 21 heavy (non-hydrogen) atoms. The quantitative estimate of drug-likeness (QED) is 0.849. The van der Waals surface area contributed by atoms with Gasteiger partial charge in [0.25, 0.3) is 5.56 Å². The van der Waals surface area contributed by atoms with Gasteiger partial charge in [0.1, 0.15) is 12.4 Å². The molecule has 1 heterocycles. The normalized spacial score (nSPS) is 10.7. The van der Waals surface area contributed by atoms with Gasteiger partial charge in [-0.1, -0.05) is 6.07 Å². The molecule has 0 N–H and O–H groups in total. The van der Waals surface area contributed by atoms with Gasteiger partial charge in [-0.05, 0) is 47.0 Å². The zero-order valence-corrected chi connectivity index (χ0v) is 14.0. The Balaban J connectivity index is 2.34. The Morgan fingerprint density at radius 3 is 2.38 bits per heavy atom. The molecule has 0 spiro atoms. The van der Waals surface area contributed by atoms with E-state index in [1.54, 1.807) is 7.05 Å². The van der Waals surface area contributed by atoms with Crippen LogP contribution in [0, 0.1) is 13.8 Å². The van der Waals surface area contributed by atoms with Gasteiger partial charge in [0.2, 0.25) is 0 Å². The molecule has 112 valence electrons. The largest absolute Gasteiger partial charge is 0.486 e. The van der Waals surface area contributed by atoms with Gasteiger partial charge in [-0.15, -0.1) is 0 Å². The number of hydrogen-bond donors (Lipinski definition) is 0. The van der Waals surface area contributed by atoms with E-state index in [1.807, 2.05) is 26.0 Å². The fraction of sp³-hybridized carbons (Fsp3) is 0.333. The molecule has 5 nitrogen and oxygen atoms in total. The lowest BCUT2D eigenvalue weighted by Gasteiger charge is -2.14. The molecule has 0 aliphatic heterocycles. The second-order valence-corrected chi connectivity index (χ2v) is 5.91. The monoisotopic (exact) mass is 352 g/mol. The molecular formula is C15H17BrN2O3. The molecule has 0 bridgehead atoms. The summed E-state index contributed by atoms with van der Waals surface area (Å²) >= 11 is 3.47. The van der Waals surface area contributed by atoms with Crippen molar-refractivity contribution in [2.45, 2.75) is 20.5 Å². The van der Waals surface area contributed by atoms with Crippen LogP contribution in [0.3, 0.4) is 0 Å². The highest BCUT2D eigenvalue weighted by Crippen LogP contribution is 2.30. The molecule has 0 fully saturated rings. The maximum atomic E-state index is 11.9. The fourth-order valence-electron chi connectivity index (χ4n) is 2.15. The number of aryl methyl sites for hydroxylation is 2. The van der Waals surface area contributed by atoms with Crippen LogP contribution >= 0.6 is 15.9 Å². The van der Waals surface area contributed by atoms with E-state index in [0.29, 0.717) is 11.4 Å². The maximum absolute atomic E-state index is 11.9. The van der Waals surface area contributed by atoms with E-state index >= 15 is 0 Å². The minimum atomic E-state index is -0.360. The number of hydrogen-bond acceptors (Lipinski definition) is 3. The summed E-state index contributed by atoms with van der Waals surface area (Å²) in [6.45, 7) is 4.12. The topological polar surface area (TPSA) is 53.2 Å². The second kappa shape index (κ2) is 5.89. The SMILES string of the molecule is Cc1cc(C)c(OCc2cc(=O)n(C)c(=O)n2C)c(Br)c1. The first kappa shape index (κ1) is 15.6. The van der Waals surface area contributed by atoms with Gasteiger partial charge in [-0.3, -0.25) is 13.9 Å². The van der Waals surface area contributed by atoms with Gasteiger partial charge in [0.05, 0.1) is 10.2 Å². The van der Waals surface area contributed by atoms with Crippen molar-refractivity contribution in [1.29, 1.82) is 0 Å². The standard InChI is InChI=1S/C15H17BrN2O3/c1-9-5-10(2)14(12(16)6-9)21-8-11-7-13(19)18(4)15(20)17(11)3/h5-7H,8H2,1-4H3. The van der Waals surface area contributed by atoms with Gasteiger partial charge in [-0.25, -0.2) is 4.79 Å². The minimum Gasteiger partial charge on any atom is -0.486 e. The van der Waals surface area contributed by atoms with Crippen LogP contribution in [-0.2, 0) is 20.7 Å². The van der Waals surface area contributed by atoms with Crippen molar-refractivity contribution in [3.8, 4) is 5.75 Å². The van der Waals surface area contributed by atoms with Crippen LogP contribution < -0.4 is 16.0 Å². The molecule has 0 amide bonds. The summed E-state index contributed by atoms with van der Waals surface area (Å²) in [6.07, 6.45) is 0. The lowest BCUT2D eigenvalue weighted by Crippen LogP contribution is -2.38. The van der Waals surface area contributed by atoms with Crippen LogP contribution in [0.5, 0.6) is 5.75 Å². The third-order valence-corrected chi connectivity index (χ3v) is 3.95. The predicted molar refractivity (Wildman–Crippen MR) is 84.9 cm³/mol. The van der Waals surface area contributed by atoms with Gasteiger partial charge in [-0.2, -0.15) is 0 Å². The van der Waals surface area contributed by atoms with E-state index in [-0.39, 0.29) is 17.9 Å².